The number of imide groups is 1. The Morgan fingerprint density at radius 1 is 1.33 bits per heavy atom. The molecule has 0 radical (unpaired) electrons. The number of hydrogen-bond donors (Lipinski definition) is 2. The van der Waals surface area contributed by atoms with E-state index in [1.54, 1.807) is 0 Å². The van der Waals surface area contributed by atoms with Gasteiger partial charge in [-0.25, -0.2) is 4.79 Å². The Labute approximate surface area is 126 Å². The summed E-state index contributed by atoms with van der Waals surface area (Å²) in [6.07, 6.45) is 0.348. The summed E-state index contributed by atoms with van der Waals surface area (Å²) in [6.45, 7) is 0.788. The molecule has 1 aliphatic heterocycles. The van der Waals surface area contributed by atoms with Crippen LogP contribution in [-0.4, -0.2) is 52.0 Å². The quantitative estimate of drug-likeness (QED) is 0.817. The fourth-order valence-electron chi connectivity index (χ4n) is 2.01. The maximum absolute atomic E-state index is 11.9. The van der Waals surface area contributed by atoms with Crippen molar-refractivity contribution in [2.75, 3.05) is 18.8 Å². The van der Waals surface area contributed by atoms with Crippen molar-refractivity contribution in [2.45, 2.75) is 11.7 Å². The number of carbonyl (C=O) groups excluding carboxylic acids is 2. The Morgan fingerprint density at radius 2 is 2.05 bits per heavy atom. The first kappa shape index (κ1) is 15.4. The first-order valence-electron chi connectivity index (χ1n) is 6.54. The van der Waals surface area contributed by atoms with E-state index < -0.39 is 17.3 Å². The molecule has 0 bridgehead atoms. The number of urea groups is 1. The summed E-state index contributed by atoms with van der Waals surface area (Å²) in [7, 11) is 0. The van der Waals surface area contributed by atoms with Gasteiger partial charge in [0.2, 0.25) is 5.91 Å². The number of carboxylic acids is 1. The number of hydrogen-bond acceptors (Lipinski definition) is 4. The smallest absolute Gasteiger partial charge is 0.324 e. The Morgan fingerprint density at radius 3 is 2.62 bits per heavy atom. The van der Waals surface area contributed by atoms with E-state index in [0.29, 0.717) is 19.5 Å². The minimum atomic E-state index is -0.956. The monoisotopic (exact) mass is 308 g/mol. The van der Waals surface area contributed by atoms with E-state index >= 15 is 0 Å². The van der Waals surface area contributed by atoms with Crippen molar-refractivity contribution in [1.29, 1.82) is 0 Å². The third-order valence-electron chi connectivity index (χ3n) is 3.11. The highest BCUT2D eigenvalue weighted by atomic mass is 32.2. The van der Waals surface area contributed by atoms with Gasteiger partial charge in [0.05, 0.1) is 5.75 Å². The Kier molecular flexibility index (Phi) is 5.21. The summed E-state index contributed by atoms with van der Waals surface area (Å²) in [6, 6.07) is 8.85. The van der Waals surface area contributed by atoms with Crippen molar-refractivity contribution in [3.63, 3.8) is 0 Å². The summed E-state index contributed by atoms with van der Waals surface area (Å²) in [4.78, 5) is 35.6. The normalized spacial score (nSPS) is 15.6. The second kappa shape index (κ2) is 7.12. The van der Waals surface area contributed by atoms with Crippen LogP contribution in [0.5, 0.6) is 0 Å². The summed E-state index contributed by atoms with van der Waals surface area (Å²) < 4.78 is 0. The van der Waals surface area contributed by atoms with Crippen molar-refractivity contribution >= 4 is 29.7 Å². The van der Waals surface area contributed by atoms with Crippen LogP contribution in [0, 0.1) is 0 Å². The Bertz CT molecular complexity index is 535. The highest BCUT2D eigenvalue weighted by Gasteiger charge is 2.28. The molecule has 0 saturated carbocycles. The van der Waals surface area contributed by atoms with E-state index in [-0.39, 0.29) is 11.7 Å². The third kappa shape index (κ3) is 4.22. The summed E-state index contributed by atoms with van der Waals surface area (Å²) in [5.74, 6) is -1.33. The number of aliphatic carboxylic acids is 1. The second-order valence-electron chi connectivity index (χ2n) is 4.60. The Balaban J connectivity index is 1.90. The van der Waals surface area contributed by atoms with Gasteiger partial charge in [0.25, 0.3) is 0 Å². The number of nitrogens with one attached hydrogen (secondary N) is 1. The highest BCUT2D eigenvalue weighted by molar-refractivity contribution is 8.01. The fourth-order valence-corrected chi connectivity index (χ4v) is 2.96. The van der Waals surface area contributed by atoms with Crippen LogP contribution in [0.3, 0.4) is 0 Å². The van der Waals surface area contributed by atoms with Crippen molar-refractivity contribution in [3.8, 4) is 0 Å². The number of nitrogens with zero attached hydrogens (tertiary/aromatic N) is 1. The molecule has 112 valence electrons. The van der Waals surface area contributed by atoms with Gasteiger partial charge >= 0.3 is 12.0 Å². The van der Waals surface area contributed by atoms with Gasteiger partial charge in [0.1, 0.15) is 5.25 Å². The molecule has 0 aliphatic carbocycles. The number of rotatable bonds is 6. The van der Waals surface area contributed by atoms with Gasteiger partial charge in [-0.2, -0.15) is 0 Å². The SMILES string of the molecule is O=C(O)C(Cc1ccccc1)SCC(=O)N1CCNC1=O. The molecular formula is C14H16N2O4S. The number of thioether (sulfide) groups is 1. The lowest BCUT2D eigenvalue weighted by Crippen LogP contribution is -2.36. The lowest BCUT2D eigenvalue weighted by molar-refractivity contribution is -0.136. The standard InChI is InChI=1S/C14H16N2O4S/c17-12(16-7-6-15-14(16)20)9-21-11(13(18)19)8-10-4-2-1-3-5-10/h1-5,11H,6-9H2,(H,15,20)(H,18,19). The number of carbonyl (C=O) groups is 3. The van der Waals surface area contributed by atoms with Crippen molar-refractivity contribution in [2.24, 2.45) is 0 Å². The van der Waals surface area contributed by atoms with Crippen LogP contribution in [0.2, 0.25) is 0 Å². The minimum Gasteiger partial charge on any atom is -0.480 e. The maximum atomic E-state index is 11.9. The molecule has 1 unspecified atom stereocenters. The molecule has 1 saturated heterocycles. The van der Waals surface area contributed by atoms with Crippen LogP contribution in [0.15, 0.2) is 30.3 Å². The molecule has 21 heavy (non-hydrogen) atoms. The van der Waals surface area contributed by atoms with E-state index in [4.69, 9.17) is 0 Å². The summed E-state index contributed by atoms with van der Waals surface area (Å²) in [5.41, 5.74) is 0.906. The lowest BCUT2D eigenvalue weighted by atomic mass is 10.1. The van der Waals surface area contributed by atoms with Crippen LogP contribution < -0.4 is 5.32 Å². The van der Waals surface area contributed by atoms with Crippen molar-refractivity contribution in [1.82, 2.24) is 10.2 Å². The molecule has 1 aromatic rings. The minimum absolute atomic E-state index is 0.0166. The molecule has 0 spiro atoms. The number of benzene rings is 1. The van der Waals surface area contributed by atoms with Gasteiger partial charge in [-0.1, -0.05) is 30.3 Å². The van der Waals surface area contributed by atoms with Crippen molar-refractivity contribution < 1.29 is 19.5 Å². The summed E-state index contributed by atoms with van der Waals surface area (Å²) >= 11 is 1.05. The molecule has 1 aliphatic rings. The van der Waals surface area contributed by atoms with Crippen molar-refractivity contribution in [3.05, 3.63) is 35.9 Å². The molecule has 2 N–H and O–H groups in total. The van der Waals surface area contributed by atoms with Crippen LogP contribution >= 0.6 is 11.8 Å². The average molecular weight is 308 g/mol. The molecule has 1 atom stereocenters. The van der Waals surface area contributed by atoms with Gasteiger partial charge in [-0.05, 0) is 12.0 Å². The van der Waals surface area contributed by atoms with Gasteiger partial charge in [0, 0.05) is 13.1 Å². The van der Waals surface area contributed by atoms with Crippen LogP contribution in [0.25, 0.3) is 0 Å². The molecular weight excluding hydrogens is 292 g/mol. The van der Waals surface area contributed by atoms with Gasteiger partial charge in [-0.15, -0.1) is 11.8 Å². The second-order valence-corrected chi connectivity index (χ2v) is 5.80. The van der Waals surface area contributed by atoms with E-state index in [9.17, 15) is 19.5 Å². The number of amides is 3. The highest BCUT2D eigenvalue weighted by Crippen LogP contribution is 2.18. The molecule has 1 aromatic carbocycles. The maximum Gasteiger partial charge on any atom is 0.324 e. The summed E-state index contributed by atoms with van der Waals surface area (Å²) in [5, 5.41) is 11.1. The van der Waals surface area contributed by atoms with Gasteiger partial charge in [0.15, 0.2) is 0 Å². The zero-order valence-corrected chi connectivity index (χ0v) is 12.1. The zero-order chi connectivity index (χ0) is 15.2. The lowest BCUT2D eigenvalue weighted by Gasteiger charge is -2.15. The third-order valence-corrected chi connectivity index (χ3v) is 4.29. The molecule has 3 amide bonds. The molecule has 1 heterocycles. The Hall–Kier alpha value is -2.02. The predicted octanol–water partition coefficient (Wildman–Crippen LogP) is 0.967. The zero-order valence-electron chi connectivity index (χ0n) is 11.3. The average Bonchev–Trinajstić information content (AvgIpc) is 2.90. The van der Waals surface area contributed by atoms with Gasteiger partial charge in [-0.3, -0.25) is 14.5 Å². The first-order chi connectivity index (χ1) is 10.1. The predicted molar refractivity (Wildman–Crippen MR) is 79.1 cm³/mol. The largest absolute Gasteiger partial charge is 0.480 e. The molecule has 0 aromatic heterocycles. The fraction of sp³-hybridized carbons (Fsp3) is 0.357. The van der Waals surface area contributed by atoms with Crippen LogP contribution in [0.1, 0.15) is 5.56 Å². The van der Waals surface area contributed by atoms with E-state index in [1.807, 2.05) is 30.3 Å². The van der Waals surface area contributed by atoms with E-state index in [1.165, 1.54) is 0 Å². The molecule has 6 nitrogen and oxygen atoms in total. The van der Waals surface area contributed by atoms with Crippen LogP contribution in [-0.2, 0) is 16.0 Å². The molecule has 1 fully saturated rings. The van der Waals surface area contributed by atoms with Gasteiger partial charge < -0.3 is 10.4 Å². The first-order valence-corrected chi connectivity index (χ1v) is 7.59. The molecule has 7 heteroatoms. The number of carboxylic acid groups (broad SMARTS) is 1. The van der Waals surface area contributed by atoms with E-state index in [2.05, 4.69) is 5.32 Å². The van der Waals surface area contributed by atoms with E-state index in [0.717, 1.165) is 22.2 Å². The molecule has 2 rings (SSSR count). The topological polar surface area (TPSA) is 86.7 Å². The van der Waals surface area contributed by atoms with Crippen LogP contribution in [0.4, 0.5) is 4.79 Å².